The van der Waals surface area contributed by atoms with Gasteiger partial charge in [-0.2, -0.15) is 0 Å². The smallest absolute Gasteiger partial charge is 0.399 e. The summed E-state index contributed by atoms with van der Waals surface area (Å²) in [5.74, 6) is -0.0903. The number of aryl methyl sites for hydroxylation is 1. The zero-order valence-electron chi connectivity index (χ0n) is 20.7. The lowest BCUT2D eigenvalue weighted by atomic mass is 9.78. The summed E-state index contributed by atoms with van der Waals surface area (Å²) < 4.78 is 12.3. The Bertz CT molecular complexity index is 900. The predicted octanol–water partition coefficient (Wildman–Crippen LogP) is 5.00. The predicted molar refractivity (Wildman–Crippen MR) is 130 cm³/mol. The van der Waals surface area contributed by atoms with Gasteiger partial charge < -0.3 is 14.6 Å². The second kappa shape index (κ2) is 9.43. The second-order valence-corrected chi connectivity index (χ2v) is 10.8. The lowest BCUT2D eigenvalue weighted by Gasteiger charge is -2.32. The Balaban J connectivity index is 0.00000166. The molecule has 1 saturated heterocycles. The fourth-order valence-corrected chi connectivity index (χ4v) is 3.92. The molecule has 170 valence electrons. The molecule has 1 amide bonds. The number of hydrogen-bond acceptors (Lipinski definition) is 5. The molecule has 1 aliphatic rings. The van der Waals surface area contributed by atoms with E-state index in [2.05, 4.69) is 37.1 Å². The molecule has 1 N–H and O–H groups in total. The average molecular weight is 444 g/mol. The van der Waals surface area contributed by atoms with E-state index >= 15 is 0 Å². The quantitative estimate of drug-likeness (QED) is 0.674. The summed E-state index contributed by atoms with van der Waals surface area (Å²) in [7, 11) is -0.379. The van der Waals surface area contributed by atoms with Gasteiger partial charge in [0.1, 0.15) is 4.88 Å². The van der Waals surface area contributed by atoms with E-state index in [1.54, 1.807) is 6.20 Å². The van der Waals surface area contributed by atoms with Crippen LogP contribution < -0.4 is 10.8 Å². The minimum atomic E-state index is -0.379. The van der Waals surface area contributed by atoms with Crippen molar-refractivity contribution in [2.75, 3.05) is 0 Å². The number of amides is 1. The molecular formula is C24H37BN2O3S. The number of nitrogens with zero attached hydrogens (tertiary/aromatic N) is 1. The van der Waals surface area contributed by atoms with Crippen molar-refractivity contribution in [3.8, 4) is 0 Å². The minimum absolute atomic E-state index is 0.0525. The maximum atomic E-state index is 12.5. The number of carbonyl (C=O) groups excluding carboxylic acids is 1. The van der Waals surface area contributed by atoms with Crippen LogP contribution in [-0.2, 0) is 21.3 Å². The highest BCUT2D eigenvalue weighted by atomic mass is 32.1. The van der Waals surface area contributed by atoms with Crippen molar-refractivity contribution in [3.63, 3.8) is 0 Å². The molecule has 2 aromatic rings. The average Bonchev–Trinajstić information content (AvgIpc) is 3.25. The molecule has 5 nitrogen and oxygen atoms in total. The molecule has 1 fully saturated rings. The van der Waals surface area contributed by atoms with Crippen LogP contribution in [0.1, 0.15) is 88.1 Å². The molecular weight excluding hydrogens is 407 g/mol. The Kier molecular flexibility index (Phi) is 7.78. The van der Waals surface area contributed by atoms with E-state index < -0.39 is 0 Å². The molecule has 3 rings (SSSR count). The summed E-state index contributed by atoms with van der Waals surface area (Å²) in [5, 5.41) is 3.97. The molecule has 1 aromatic carbocycles. The van der Waals surface area contributed by atoms with Crippen LogP contribution in [0.25, 0.3) is 0 Å². The summed E-state index contributed by atoms with van der Waals surface area (Å²) in [6.07, 6.45) is 1.66. The fourth-order valence-electron chi connectivity index (χ4n) is 3.03. The zero-order chi connectivity index (χ0) is 23.6. The van der Waals surface area contributed by atoms with Crippen LogP contribution in [0, 0.1) is 6.92 Å². The first kappa shape index (κ1) is 25.6. The Morgan fingerprint density at radius 2 is 1.71 bits per heavy atom. The third-order valence-corrected chi connectivity index (χ3v) is 7.12. The molecule has 0 spiro atoms. The molecule has 1 aromatic heterocycles. The Morgan fingerprint density at radius 1 is 1.13 bits per heavy atom. The van der Waals surface area contributed by atoms with Crippen LogP contribution in [0.15, 0.2) is 24.4 Å². The third kappa shape index (κ3) is 5.76. The van der Waals surface area contributed by atoms with E-state index in [1.165, 1.54) is 11.3 Å². The Hall–Kier alpha value is -1.70. The first-order chi connectivity index (χ1) is 14.3. The topological polar surface area (TPSA) is 60.5 Å². The van der Waals surface area contributed by atoms with Crippen LogP contribution in [0.3, 0.4) is 0 Å². The van der Waals surface area contributed by atoms with Gasteiger partial charge >= 0.3 is 7.12 Å². The van der Waals surface area contributed by atoms with E-state index in [1.807, 2.05) is 60.6 Å². The number of carbonyl (C=O) groups is 1. The highest BCUT2D eigenvalue weighted by molar-refractivity contribution is 7.13. The van der Waals surface area contributed by atoms with Crippen molar-refractivity contribution in [2.24, 2.45) is 0 Å². The minimum Gasteiger partial charge on any atom is -0.399 e. The van der Waals surface area contributed by atoms with Gasteiger partial charge in [-0.3, -0.25) is 4.79 Å². The third-order valence-electron chi connectivity index (χ3n) is 5.70. The van der Waals surface area contributed by atoms with Crippen LogP contribution in [-0.4, -0.2) is 29.2 Å². The summed E-state index contributed by atoms with van der Waals surface area (Å²) in [5.41, 5.74) is 2.38. The van der Waals surface area contributed by atoms with Gasteiger partial charge in [0, 0.05) is 12.0 Å². The van der Waals surface area contributed by atoms with Crippen LogP contribution in [0.5, 0.6) is 0 Å². The standard InChI is InChI=1S/C22H31BN2O3S.C2H6/c1-14-11-16(23-27-21(5,6)22(7,8)28-23)10-9-15(14)12-24-18(26)17-13-25-19(29-17)20(2,3)4;1-2/h9-11,13H,12H2,1-8H3,(H,24,26);1-2H3. The van der Waals surface area contributed by atoms with Crippen molar-refractivity contribution in [2.45, 2.75) is 92.4 Å². The highest BCUT2D eigenvalue weighted by Crippen LogP contribution is 2.36. The first-order valence-corrected chi connectivity index (χ1v) is 11.8. The van der Waals surface area contributed by atoms with E-state index in [4.69, 9.17) is 9.31 Å². The number of rotatable bonds is 4. The Morgan fingerprint density at radius 3 is 2.19 bits per heavy atom. The molecule has 0 atom stereocenters. The molecule has 2 heterocycles. The molecule has 31 heavy (non-hydrogen) atoms. The maximum Gasteiger partial charge on any atom is 0.494 e. The number of aromatic nitrogens is 1. The number of nitrogens with one attached hydrogen (secondary N) is 1. The van der Waals surface area contributed by atoms with Gasteiger partial charge in [0.05, 0.1) is 22.4 Å². The first-order valence-electron chi connectivity index (χ1n) is 11.0. The molecule has 0 aliphatic carbocycles. The van der Waals surface area contributed by atoms with Crippen molar-refractivity contribution < 1.29 is 14.1 Å². The molecule has 0 unspecified atom stereocenters. The normalized spacial score (nSPS) is 17.2. The van der Waals surface area contributed by atoms with Crippen molar-refractivity contribution >= 4 is 29.8 Å². The molecule has 0 saturated carbocycles. The number of benzene rings is 1. The van der Waals surface area contributed by atoms with E-state index in [0.717, 1.165) is 21.6 Å². The maximum absolute atomic E-state index is 12.5. The van der Waals surface area contributed by atoms with Crippen molar-refractivity contribution in [3.05, 3.63) is 45.4 Å². The van der Waals surface area contributed by atoms with Crippen LogP contribution in [0.4, 0.5) is 0 Å². The summed E-state index contributed by atoms with van der Waals surface area (Å²) in [6.45, 7) is 21.0. The van der Waals surface area contributed by atoms with Gasteiger partial charge in [-0.25, -0.2) is 4.98 Å². The summed E-state index contributed by atoms with van der Waals surface area (Å²) >= 11 is 1.45. The van der Waals surface area contributed by atoms with Crippen LogP contribution in [0.2, 0.25) is 0 Å². The summed E-state index contributed by atoms with van der Waals surface area (Å²) in [4.78, 5) is 17.5. The van der Waals surface area contributed by atoms with E-state index in [0.29, 0.717) is 11.4 Å². The van der Waals surface area contributed by atoms with Gasteiger partial charge in [0.25, 0.3) is 5.91 Å². The number of hydrogen-bond donors (Lipinski definition) is 1. The van der Waals surface area contributed by atoms with Gasteiger partial charge in [0.15, 0.2) is 0 Å². The molecule has 0 bridgehead atoms. The van der Waals surface area contributed by atoms with Gasteiger partial charge in [-0.05, 0) is 51.2 Å². The lowest BCUT2D eigenvalue weighted by Crippen LogP contribution is -2.41. The van der Waals surface area contributed by atoms with Gasteiger partial charge in [-0.1, -0.05) is 52.8 Å². The number of thiazole rings is 1. The lowest BCUT2D eigenvalue weighted by molar-refractivity contribution is 0.00578. The highest BCUT2D eigenvalue weighted by Gasteiger charge is 2.51. The monoisotopic (exact) mass is 444 g/mol. The molecule has 1 aliphatic heterocycles. The Labute approximate surface area is 192 Å². The summed E-state index contributed by atoms with van der Waals surface area (Å²) in [6, 6.07) is 6.12. The SMILES string of the molecule is CC.Cc1cc(B2OC(C)(C)C(C)(C)O2)ccc1CNC(=O)c1cnc(C(C)(C)C)s1. The second-order valence-electron chi connectivity index (χ2n) is 9.74. The van der Waals surface area contributed by atoms with Gasteiger partial charge in [0.2, 0.25) is 0 Å². The van der Waals surface area contributed by atoms with Crippen molar-refractivity contribution in [1.29, 1.82) is 0 Å². The largest absolute Gasteiger partial charge is 0.494 e. The molecule has 0 radical (unpaired) electrons. The van der Waals surface area contributed by atoms with Gasteiger partial charge in [-0.15, -0.1) is 11.3 Å². The van der Waals surface area contributed by atoms with Crippen LogP contribution >= 0.6 is 11.3 Å². The van der Waals surface area contributed by atoms with Crippen molar-refractivity contribution in [1.82, 2.24) is 10.3 Å². The molecule has 7 heteroatoms. The van der Waals surface area contributed by atoms with E-state index in [-0.39, 0.29) is 29.6 Å². The zero-order valence-corrected chi connectivity index (χ0v) is 21.5. The van der Waals surface area contributed by atoms with E-state index in [9.17, 15) is 4.79 Å². The fraction of sp³-hybridized carbons (Fsp3) is 0.583.